The second-order valence-corrected chi connectivity index (χ2v) is 5.38. The third kappa shape index (κ3) is 2.25. The van der Waals surface area contributed by atoms with Crippen molar-refractivity contribution in [3.05, 3.63) is 34.9 Å². The van der Waals surface area contributed by atoms with Crippen LogP contribution in [0.5, 0.6) is 0 Å². The average Bonchev–Trinajstić information content (AvgIpc) is 2.17. The molecule has 0 unspecified atom stereocenters. The summed E-state index contributed by atoms with van der Waals surface area (Å²) in [5.41, 5.74) is 4.51. The van der Waals surface area contributed by atoms with E-state index in [1.807, 2.05) is 0 Å². The first-order chi connectivity index (χ1) is 7.10. The lowest BCUT2D eigenvalue weighted by Crippen LogP contribution is -2.25. The molecule has 1 aliphatic carbocycles. The van der Waals surface area contributed by atoms with Gasteiger partial charge in [0.25, 0.3) is 0 Å². The van der Waals surface area contributed by atoms with Gasteiger partial charge in [-0.25, -0.2) is 0 Å². The standard InChI is InChI=1S/C15H21/c1-12-9-13(2)11-14(10-12)15(3)7-5-4-6-8-15/h9-10H,4-8H2,1-3H3. The topological polar surface area (TPSA) is 0 Å². The summed E-state index contributed by atoms with van der Waals surface area (Å²) < 4.78 is 0. The van der Waals surface area contributed by atoms with E-state index in [4.69, 9.17) is 0 Å². The van der Waals surface area contributed by atoms with Crippen LogP contribution in [0.25, 0.3) is 0 Å². The fourth-order valence-corrected chi connectivity index (χ4v) is 2.82. The van der Waals surface area contributed by atoms with Crippen LogP contribution in [0.1, 0.15) is 55.7 Å². The van der Waals surface area contributed by atoms with Gasteiger partial charge < -0.3 is 0 Å². The van der Waals surface area contributed by atoms with E-state index in [1.165, 1.54) is 48.8 Å². The van der Waals surface area contributed by atoms with Crippen LogP contribution in [-0.2, 0) is 5.41 Å². The molecule has 81 valence electrons. The second-order valence-electron chi connectivity index (χ2n) is 5.38. The molecule has 1 aromatic rings. The zero-order valence-corrected chi connectivity index (χ0v) is 10.2. The van der Waals surface area contributed by atoms with Crippen LogP contribution in [0.2, 0.25) is 0 Å². The van der Waals surface area contributed by atoms with E-state index >= 15 is 0 Å². The van der Waals surface area contributed by atoms with Crippen LogP contribution in [-0.4, -0.2) is 0 Å². The Kier molecular flexibility index (Phi) is 2.86. The van der Waals surface area contributed by atoms with Crippen LogP contribution < -0.4 is 0 Å². The molecule has 0 spiro atoms. The lowest BCUT2D eigenvalue weighted by Gasteiger charge is -2.34. The number of hydrogen-bond acceptors (Lipinski definition) is 0. The Bertz CT molecular complexity index is 323. The molecule has 0 atom stereocenters. The van der Waals surface area contributed by atoms with E-state index in [0.717, 1.165) is 0 Å². The maximum Gasteiger partial charge on any atom is -0.00689 e. The lowest BCUT2D eigenvalue weighted by molar-refractivity contribution is 0.319. The number of rotatable bonds is 1. The Labute approximate surface area is 93.7 Å². The fraction of sp³-hybridized carbons (Fsp3) is 0.600. The molecule has 1 saturated carbocycles. The highest BCUT2D eigenvalue weighted by Crippen LogP contribution is 2.39. The SMILES string of the molecule is Cc1[c]c(C2(C)CCCCC2)cc(C)c1. The van der Waals surface area contributed by atoms with Gasteiger partial charge in [-0.1, -0.05) is 43.9 Å². The molecule has 0 amide bonds. The molecule has 0 aliphatic heterocycles. The third-order valence-electron chi connectivity index (χ3n) is 3.76. The fourth-order valence-electron chi connectivity index (χ4n) is 2.82. The van der Waals surface area contributed by atoms with Gasteiger partial charge >= 0.3 is 0 Å². The zero-order valence-electron chi connectivity index (χ0n) is 10.2. The zero-order chi connectivity index (χ0) is 10.9. The Balaban J connectivity index is 2.34. The van der Waals surface area contributed by atoms with E-state index in [2.05, 4.69) is 39.0 Å². The first-order valence-corrected chi connectivity index (χ1v) is 6.11. The summed E-state index contributed by atoms with van der Waals surface area (Å²) in [6, 6.07) is 8.11. The van der Waals surface area contributed by atoms with Crippen molar-refractivity contribution >= 4 is 0 Å². The first-order valence-electron chi connectivity index (χ1n) is 6.11. The predicted molar refractivity (Wildman–Crippen MR) is 65.2 cm³/mol. The number of benzene rings is 1. The quantitative estimate of drug-likeness (QED) is 0.634. The second kappa shape index (κ2) is 4.00. The summed E-state index contributed by atoms with van der Waals surface area (Å²) in [6.45, 7) is 6.76. The van der Waals surface area contributed by atoms with Crippen molar-refractivity contribution in [3.63, 3.8) is 0 Å². The highest BCUT2D eigenvalue weighted by molar-refractivity contribution is 5.32. The molecular formula is C15H21. The van der Waals surface area contributed by atoms with Gasteiger partial charge in [0.05, 0.1) is 0 Å². The molecule has 0 saturated heterocycles. The van der Waals surface area contributed by atoms with Crippen LogP contribution in [0.15, 0.2) is 12.1 Å². The van der Waals surface area contributed by atoms with Gasteiger partial charge in [0, 0.05) is 0 Å². The molecule has 0 N–H and O–H groups in total. The van der Waals surface area contributed by atoms with E-state index < -0.39 is 0 Å². The van der Waals surface area contributed by atoms with E-state index in [-0.39, 0.29) is 0 Å². The van der Waals surface area contributed by atoms with Crippen LogP contribution >= 0.6 is 0 Å². The minimum atomic E-state index is 0.398. The maximum atomic E-state index is 3.56. The van der Waals surface area contributed by atoms with Crippen molar-refractivity contribution in [1.29, 1.82) is 0 Å². The normalized spacial score (nSPS) is 20.2. The van der Waals surface area contributed by atoms with Gasteiger partial charge in [0.1, 0.15) is 0 Å². The van der Waals surface area contributed by atoms with Crippen molar-refractivity contribution in [3.8, 4) is 0 Å². The van der Waals surface area contributed by atoms with Crippen molar-refractivity contribution in [2.75, 3.05) is 0 Å². The van der Waals surface area contributed by atoms with Gasteiger partial charge in [0.2, 0.25) is 0 Å². The average molecular weight is 201 g/mol. The highest BCUT2D eigenvalue weighted by Gasteiger charge is 2.28. The Morgan fingerprint density at radius 3 is 2.33 bits per heavy atom. The Morgan fingerprint density at radius 2 is 1.73 bits per heavy atom. The van der Waals surface area contributed by atoms with Crippen LogP contribution in [0, 0.1) is 19.9 Å². The summed E-state index contributed by atoms with van der Waals surface area (Å²) in [7, 11) is 0. The molecule has 1 aromatic carbocycles. The molecule has 0 heterocycles. The van der Waals surface area contributed by atoms with Gasteiger partial charge in [0.15, 0.2) is 0 Å². The molecule has 1 fully saturated rings. The van der Waals surface area contributed by atoms with Gasteiger partial charge in [-0.2, -0.15) is 0 Å². The smallest absolute Gasteiger partial charge is 0.00689 e. The molecular weight excluding hydrogens is 180 g/mol. The molecule has 0 bridgehead atoms. The Morgan fingerprint density at radius 1 is 1.07 bits per heavy atom. The van der Waals surface area contributed by atoms with E-state index in [0.29, 0.717) is 5.41 Å². The van der Waals surface area contributed by atoms with Gasteiger partial charge in [-0.3, -0.25) is 0 Å². The predicted octanol–water partition coefficient (Wildman–Crippen LogP) is 4.33. The van der Waals surface area contributed by atoms with Gasteiger partial charge in [-0.05, 0) is 49.3 Å². The molecule has 1 aliphatic rings. The van der Waals surface area contributed by atoms with E-state index in [9.17, 15) is 0 Å². The molecule has 15 heavy (non-hydrogen) atoms. The van der Waals surface area contributed by atoms with Crippen molar-refractivity contribution < 1.29 is 0 Å². The third-order valence-corrected chi connectivity index (χ3v) is 3.76. The first kappa shape index (κ1) is 10.7. The number of hydrogen-bond donors (Lipinski definition) is 0. The monoisotopic (exact) mass is 201 g/mol. The van der Waals surface area contributed by atoms with Crippen LogP contribution in [0.4, 0.5) is 0 Å². The highest BCUT2D eigenvalue weighted by atomic mass is 14.3. The summed E-state index contributed by atoms with van der Waals surface area (Å²) in [5, 5.41) is 0. The molecule has 2 rings (SSSR count). The summed E-state index contributed by atoms with van der Waals surface area (Å²) in [6.07, 6.45) is 6.87. The maximum absolute atomic E-state index is 3.56. The largest absolute Gasteiger partial charge is 0.0557 e. The number of aryl methyl sites for hydroxylation is 2. The molecule has 0 nitrogen and oxygen atoms in total. The lowest BCUT2D eigenvalue weighted by atomic mass is 9.70. The minimum absolute atomic E-state index is 0.398. The van der Waals surface area contributed by atoms with Gasteiger partial charge in [-0.15, -0.1) is 0 Å². The molecule has 0 aromatic heterocycles. The summed E-state index contributed by atoms with van der Waals surface area (Å²) in [5.74, 6) is 0. The van der Waals surface area contributed by atoms with Crippen molar-refractivity contribution in [1.82, 2.24) is 0 Å². The Hall–Kier alpha value is -0.780. The summed E-state index contributed by atoms with van der Waals surface area (Å²) >= 11 is 0. The van der Waals surface area contributed by atoms with Crippen molar-refractivity contribution in [2.24, 2.45) is 0 Å². The minimum Gasteiger partial charge on any atom is -0.0557 e. The molecule has 0 heteroatoms. The van der Waals surface area contributed by atoms with Crippen molar-refractivity contribution in [2.45, 2.75) is 58.3 Å². The molecule has 1 radical (unpaired) electrons. The summed E-state index contributed by atoms with van der Waals surface area (Å²) in [4.78, 5) is 0. The van der Waals surface area contributed by atoms with E-state index in [1.54, 1.807) is 0 Å². The van der Waals surface area contributed by atoms with Crippen LogP contribution in [0.3, 0.4) is 0 Å².